The van der Waals surface area contributed by atoms with E-state index in [0.717, 1.165) is 38.5 Å². The van der Waals surface area contributed by atoms with E-state index in [1.165, 1.54) is 116 Å². The average Bonchev–Trinajstić information content (AvgIpc) is 3.16. The van der Waals surface area contributed by atoms with Gasteiger partial charge in [0.2, 0.25) is 0 Å². The van der Waals surface area contributed by atoms with Crippen molar-refractivity contribution >= 4 is 19.8 Å². The SMILES string of the molecule is CCCCCCC=CCC=CCC=CCC=CCCC(=O)OC(COC(=O)CCCCCCCCCCCCCCCCCC)COP(=O)(O)OCCN. The van der Waals surface area contributed by atoms with Gasteiger partial charge in [0.1, 0.15) is 6.61 Å². The molecule has 54 heavy (non-hydrogen) atoms. The fraction of sp³-hybridized carbons (Fsp3) is 0.773. The van der Waals surface area contributed by atoms with Gasteiger partial charge in [0.05, 0.1) is 13.2 Å². The summed E-state index contributed by atoms with van der Waals surface area (Å²) in [6.45, 7) is 3.64. The molecule has 0 rings (SSSR count). The van der Waals surface area contributed by atoms with Crippen molar-refractivity contribution in [2.45, 2.75) is 193 Å². The Kier molecular flexibility index (Phi) is 39.1. The van der Waals surface area contributed by atoms with E-state index in [9.17, 15) is 19.0 Å². The first-order valence-electron chi connectivity index (χ1n) is 21.6. The highest BCUT2D eigenvalue weighted by Crippen LogP contribution is 2.43. The Labute approximate surface area is 330 Å². The van der Waals surface area contributed by atoms with Crippen LogP contribution in [0.15, 0.2) is 48.6 Å². The van der Waals surface area contributed by atoms with E-state index >= 15 is 0 Å². The molecule has 0 heterocycles. The molecule has 0 aliphatic heterocycles. The summed E-state index contributed by atoms with van der Waals surface area (Å²) in [5.74, 6) is -0.919. The summed E-state index contributed by atoms with van der Waals surface area (Å²) in [7, 11) is -4.39. The van der Waals surface area contributed by atoms with Gasteiger partial charge in [-0.25, -0.2) is 4.57 Å². The molecule has 10 heteroatoms. The number of carbonyl (C=O) groups is 2. The number of unbranched alkanes of at least 4 members (excludes halogenated alkanes) is 19. The lowest BCUT2D eigenvalue weighted by atomic mass is 10.0. The van der Waals surface area contributed by atoms with Crippen LogP contribution in [-0.4, -0.2) is 49.3 Å². The smallest absolute Gasteiger partial charge is 0.462 e. The molecule has 0 saturated heterocycles. The highest BCUT2D eigenvalue weighted by atomic mass is 31.2. The summed E-state index contributed by atoms with van der Waals surface area (Å²) in [6, 6.07) is 0. The van der Waals surface area contributed by atoms with E-state index < -0.39 is 32.5 Å². The highest BCUT2D eigenvalue weighted by Gasteiger charge is 2.25. The maximum atomic E-state index is 12.5. The fourth-order valence-corrected chi connectivity index (χ4v) is 6.52. The van der Waals surface area contributed by atoms with E-state index in [-0.39, 0.29) is 32.6 Å². The van der Waals surface area contributed by atoms with Crippen molar-refractivity contribution in [1.29, 1.82) is 0 Å². The molecule has 9 nitrogen and oxygen atoms in total. The van der Waals surface area contributed by atoms with Gasteiger partial charge in [0, 0.05) is 19.4 Å². The van der Waals surface area contributed by atoms with Gasteiger partial charge in [0.25, 0.3) is 0 Å². The Hall–Kier alpha value is -2.03. The molecule has 0 aromatic carbocycles. The Balaban J connectivity index is 4.26. The molecule has 0 aromatic rings. The first-order chi connectivity index (χ1) is 26.3. The predicted molar refractivity (Wildman–Crippen MR) is 224 cm³/mol. The van der Waals surface area contributed by atoms with Crippen LogP contribution in [0.5, 0.6) is 0 Å². The quantitative estimate of drug-likeness (QED) is 0.0269. The number of phosphoric acid groups is 1. The van der Waals surface area contributed by atoms with Crippen LogP contribution in [0.4, 0.5) is 0 Å². The molecule has 0 amide bonds. The molecule has 314 valence electrons. The molecule has 0 bridgehead atoms. The molecule has 0 saturated carbocycles. The van der Waals surface area contributed by atoms with Crippen LogP contribution in [0.25, 0.3) is 0 Å². The Bertz CT molecular complexity index is 1030. The van der Waals surface area contributed by atoms with E-state index in [1.54, 1.807) is 0 Å². The molecule has 2 unspecified atom stereocenters. The summed E-state index contributed by atoms with van der Waals surface area (Å²) in [5, 5.41) is 0. The van der Waals surface area contributed by atoms with Crippen molar-refractivity contribution in [3.05, 3.63) is 48.6 Å². The lowest BCUT2D eigenvalue weighted by molar-refractivity contribution is -0.161. The minimum atomic E-state index is -4.39. The first kappa shape index (κ1) is 52.0. The lowest BCUT2D eigenvalue weighted by Gasteiger charge is -2.19. The summed E-state index contributed by atoms with van der Waals surface area (Å²) < 4.78 is 32.7. The topological polar surface area (TPSA) is 134 Å². The molecule has 0 spiro atoms. The number of carbonyl (C=O) groups excluding carboxylic acids is 2. The number of allylic oxidation sites excluding steroid dienone is 8. The maximum absolute atomic E-state index is 12.5. The largest absolute Gasteiger partial charge is 0.472 e. The second-order valence-electron chi connectivity index (χ2n) is 14.2. The molecule has 0 aromatic heterocycles. The van der Waals surface area contributed by atoms with Gasteiger partial charge in [-0.05, 0) is 44.9 Å². The van der Waals surface area contributed by atoms with Crippen LogP contribution in [0, 0.1) is 0 Å². The third-order valence-corrected chi connectivity index (χ3v) is 9.97. The number of rotatable bonds is 40. The van der Waals surface area contributed by atoms with Crippen LogP contribution >= 0.6 is 7.82 Å². The Morgan fingerprint density at radius 1 is 0.556 bits per heavy atom. The summed E-state index contributed by atoms with van der Waals surface area (Å²) in [5.41, 5.74) is 5.34. The average molecular weight is 782 g/mol. The molecular weight excluding hydrogens is 701 g/mol. The second-order valence-corrected chi connectivity index (χ2v) is 15.7. The normalized spacial score (nSPS) is 13.8. The van der Waals surface area contributed by atoms with E-state index in [4.69, 9.17) is 24.3 Å². The predicted octanol–water partition coefficient (Wildman–Crippen LogP) is 12.3. The monoisotopic (exact) mass is 782 g/mol. The molecule has 3 N–H and O–H groups in total. The molecule has 0 fully saturated rings. The summed E-state index contributed by atoms with van der Waals surface area (Å²) in [4.78, 5) is 34.8. The van der Waals surface area contributed by atoms with E-state index in [0.29, 0.717) is 6.42 Å². The third kappa shape index (κ3) is 39.7. The molecule has 2 atom stereocenters. The number of esters is 2. The minimum absolute atomic E-state index is 0.0425. The zero-order chi connectivity index (χ0) is 39.6. The zero-order valence-corrected chi connectivity index (χ0v) is 35.3. The Morgan fingerprint density at radius 2 is 1.00 bits per heavy atom. The maximum Gasteiger partial charge on any atom is 0.472 e. The van der Waals surface area contributed by atoms with Crippen molar-refractivity contribution in [1.82, 2.24) is 0 Å². The minimum Gasteiger partial charge on any atom is -0.462 e. The van der Waals surface area contributed by atoms with Crippen LogP contribution in [0.1, 0.15) is 187 Å². The van der Waals surface area contributed by atoms with Crippen molar-refractivity contribution in [2.75, 3.05) is 26.4 Å². The van der Waals surface area contributed by atoms with Gasteiger partial charge in [-0.15, -0.1) is 0 Å². The summed E-state index contributed by atoms with van der Waals surface area (Å²) in [6.07, 6.45) is 45.8. The van der Waals surface area contributed by atoms with Gasteiger partial charge in [-0.1, -0.05) is 178 Å². The van der Waals surface area contributed by atoms with E-state index in [1.807, 2.05) is 12.2 Å². The molecule has 0 aliphatic carbocycles. The third-order valence-electron chi connectivity index (χ3n) is 8.98. The molecular formula is C44H80NO8P. The van der Waals surface area contributed by atoms with Crippen LogP contribution in [0.2, 0.25) is 0 Å². The van der Waals surface area contributed by atoms with Gasteiger partial charge in [0.15, 0.2) is 6.10 Å². The standard InChI is InChI=1S/C44H80NO8P/c1-3-5-7-9-11-13-15-17-19-21-23-25-27-29-31-33-35-37-44(47)53-42(41-52-54(48,49)51-39-38-45)40-50-43(46)36-34-32-30-28-26-24-22-20-18-16-14-12-10-8-6-4-2/h13,15,19,21,25,27,31,33,42H,3-12,14,16-18,20,22-24,26,28-30,32,34-41,45H2,1-2H3,(H,48,49). The van der Waals surface area contributed by atoms with Crippen molar-refractivity contribution in [3.8, 4) is 0 Å². The van der Waals surface area contributed by atoms with Crippen molar-refractivity contribution in [3.63, 3.8) is 0 Å². The highest BCUT2D eigenvalue weighted by molar-refractivity contribution is 7.47. The molecule has 0 aliphatic rings. The van der Waals surface area contributed by atoms with E-state index in [2.05, 4.69) is 50.3 Å². The number of hydrogen-bond donors (Lipinski definition) is 2. The number of nitrogens with two attached hydrogens (primary N) is 1. The first-order valence-corrected chi connectivity index (χ1v) is 23.1. The van der Waals surface area contributed by atoms with Gasteiger partial charge < -0.3 is 20.1 Å². The zero-order valence-electron chi connectivity index (χ0n) is 34.4. The van der Waals surface area contributed by atoms with Crippen molar-refractivity contribution < 1.29 is 37.6 Å². The van der Waals surface area contributed by atoms with Gasteiger partial charge in [-0.3, -0.25) is 18.6 Å². The van der Waals surface area contributed by atoms with Gasteiger partial charge in [-0.2, -0.15) is 0 Å². The fourth-order valence-electron chi connectivity index (χ4n) is 5.76. The molecule has 0 radical (unpaired) electrons. The summed E-state index contributed by atoms with van der Waals surface area (Å²) >= 11 is 0. The van der Waals surface area contributed by atoms with Crippen LogP contribution in [0.3, 0.4) is 0 Å². The van der Waals surface area contributed by atoms with Gasteiger partial charge >= 0.3 is 19.8 Å². The number of phosphoric ester groups is 1. The Morgan fingerprint density at radius 3 is 1.50 bits per heavy atom. The number of hydrogen-bond acceptors (Lipinski definition) is 8. The van der Waals surface area contributed by atoms with Crippen LogP contribution < -0.4 is 5.73 Å². The number of ether oxygens (including phenoxy) is 2. The van der Waals surface area contributed by atoms with Crippen LogP contribution in [-0.2, 0) is 32.7 Å². The second kappa shape index (κ2) is 40.6. The lowest BCUT2D eigenvalue weighted by Crippen LogP contribution is -2.29. The van der Waals surface area contributed by atoms with Crippen molar-refractivity contribution in [2.24, 2.45) is 5.73 Å².